The van der Waals surface area contributed by atoms with Crippen molar-refractivity contribution in [3.8, 4) is 0 Å². The number of rotatable bonds is 1. The van der Waals surface area contributed by atoms with Crippen LogP contribution < -0.4 is 12.3 Å². The van der Waals surface area contributed by atoms with Crippen LogP contribution in [-0.4, -0.2) is 11.1 Å². The molecule has 5 heteroatoms. The standard InChI is InChI=1S/C4H6O2.ClH.2H3N/c1-3(2)4(5)6;;;/h1H2,2H3,(H,5,6);1H;2*1H3. The van der Waals surface area contributed by atoms with Crippen LogP contribution >= 0.6 is 12.4 Å². The minimum atomic E-state index is -0.935. The highest BCUT2D eigenvalue weighted by molar-refractivity contribution is 5.85. The maximum Gasteiger partial charge on any atom is 0.330 e. The first-order valence-electron chi connectivity index (χ1n) is 1.53. The second kappa shape index (κ2) is 10.4. The molecular formula is C4H13ClN2O2. The van der Waals surface area contributed by atoms with Gasteiger partial charge in [-0.05, 0) is 6.92 Å². The number of hydrogen-bond donors (Lipinski definition) is 3. The van der Waals surface area contributed by atoms with Crippen molar-refractivity contribution in [3.63, 3.8) is 0 Å². The summed E-state index contributed by atoms with van der Waals surface area (Å²) in [5, 5.41) is 7.89. The number of aliphatic carboxylic acids is 1. The Balaban J connectivity index is -0.0000000417. The van der Waals surface area contributed by atoms with Crippen molar-refractivity contribution < 1.29 is 9.90 Å². The van der Waals surface area contributed by atoms with Crippen LogP contribution in [0.25, 0.3) is 0 Å². The van der Waals surface area contributed by atoms with Crippen LogP contribution in [0.15, 0.2) is 12.2 Å². The second-order valence-corrected chi connectivity index (χ2v) is 1.09. The van der Waals surface area contributed by atoms with E-state index in [0.717, 1.165) is 0 Å². The summed E-state index contributed by atoms with van der Waals surface area (Å²) >= 11 is 0. The van der Waals surface area contributed by atoms with Crippen LogP contribution in [0.1, 0.15) is 6.92 Å². The molecule has 0 fully saturated rings. The Bertz CT molecular complexity index is 82.6. The maximum absolute atomic E-state index is 9.60. The van der Waals surface area contributed by atoms with Gasteiger partial charge in [-0.25, -0.2) is 4.79 Å². The quantitative estimate of drug-likeness (QED) is 0.499. The van der Waals surface area contributed by atoms with Crippen LogP contribution in [0.2, 0.25) is 0 Å². The maximum atomic E-state index is 9.60. The summed E-state index contributed by atoms with van der Waals surface area (Å²) in [6.45, 7) is 4.60. The first kappa shape index (κ1) is 23.7. The van der Waals surface area contributed by atoms with Gasteiger partial charge in [-0.3, -0.25) is 0 Å². The average Bonchev–Trinajstić information content (AvgIpc) is 1.36. The van der Waals surface area contributed by atoms with Crippen LogP contribution in [0, 0.1) is 0 Å². The van der Waals surface area contributed by atoms with Crippen LogP contribution in [0.4, 0.5) is 0 Å². The molecule has 58 valence electrons. The minimum Gasteiger partial charge on any atom is -0.478 e. The van der Waals surface area contributed by atoms with Crippen molar-refractivity contribution in [1.29, 1.82) is 0 Å². The van der Waals surface area contributed by atoms with E-state index in [2.05, 4.69) is 6.58 Å². The van der Waals surface area contributed by atoms with Crippen molar-refractivity contribution in [2.75, 3.05) is 0 Å². The van der Waals surface area contributed by atoms with Crippen molar-refractivity contribution in [2.24, 2.45) is 0 Å². The van der Waals surface area contributed by atoms with Crippen LogP contribution in [-0.2, 0) is 4.79 Å². The molecule has 0 unspecified atom stereocenters. The van der Waals surface area contributed by atoms with Crippen molar-refractivity contribution in [1.82, 2.24) is 12.3 Å². The molecule has 0 saturated carbocycles. The monoisotopic (exact) mass is 156 g/mol. The van der Waals surface area contributed by atoms with E-state index in [-0.39, 0.29) is 30.3 Å². The molecule has 0 amide bonds. The van der Waals surface area contributed by atoms with Gasteiger partial charge in [0.05, 0.1) is 0 Å². The highest BCUT2D eigenvalue weighted by atomic mass is 35.5. The summed E-state index contributed by atoms with van der Waals surface area (Å²) in [4.78, 5) is 9.60. The van der Waals surface area contributed by atoms with Gasteiger partial charge >= 0.3 is 5.97 Å². The molecule has 0 heterocycles. The van der Waals surface area contributed by atoms with Gasteiger partial charge in [-0.2, -0.15) is 0 Å². The first-order valence-corrected chi connectivity index (χ1v) is 1.53. The Hall–Kier alpha value is -0.580. The molecule has 0 aromatic carbocycles. The molecule has 0 aromatic rings. The Labute approximate surface area is 60.5 Å². The van der Waals surface area contributed by atoms with Crippen LogP contribution in [0.5, 0.6) is 0 Å². The van der Waals surface area contributed by atoms with Gasteiger partial charge in [0.2, 0.25) is 0 Å². The van der Waals surface area contributed by atoms with Gasteiger partial charge in [0.15, 0.2) is 0 Å². The van der Waals surface area contributed by atoms with Gasteiger partial charge in [0.1, 0.15) is 0 Å². The van der Waals surface area contributed by atoms with E-state index < -0.39 is 5.97 Å². The molecule has 0 aliphatic heterocycles. The molecule has 7 N–H and O–H groups in total. The summed E-state index contributed by atoms with van der Waals surface area (Å²) in [7, 11) is 0. The topological polar surface area (TPSA) is 107 Å². The molecule has 0 bridgehead atoms. The molecule has 9 heavy (non-hydrogen) atoms. The summed E-state index contributed by atoms with van der Waals surface area (Å²) in [5.74, 6) is -0.935. The predicted octanol–water partition coefficient (Wildman–Crippen LogP) is 1.39. The van der Waals surface area contributed by atoms with Gasteiger partial charge in [0, 0.05) is 5.57 Å². The number of halogens is 1. The zero-order valence-electron chi connectivity index (χ0n) is 5.39. The fourth-order valence-corrected chi connectivity index (χ4v) is 0. The summed E-state index contributed by atoms with van der Waals surface area (Å²) < 4.78 is 0. The predicted molar refractivity (Wildman–Crippen MR) is 39.7 cm³/mol. The first-order chi connectivity index (χ1) is 2.64. The number of carboxylic acid groups (broad SMARTS) is 1. The van der Waals surface area contributed by atoms with Gasteiger partial charge in [0.25, 0.3) is 0 Å². The molecular weight excluding hydrogens is 144 g/mol. The molecule has 0 radical (unpaired) electrons. The smallest absolute Gasteiger partial charge is 0.330 e. The van der Waals surface area contributed by atoms with E-state index in [9.17, 15) is 4.79 Å². The second-order valence-electron chi connectivity index (χ2n) is 1.09. The number of hydrogen-bond acceptors (Lipinski definition) is 3. The number of carbonyl (C=O) groups is 1. The Morgan fingerprint density at radius 2 is 1.56 bits per heavy atom. The molecule has 0 aliphatic carbocycles. The molecule has 0 aliphatic rings. The lowest BCUT2D eigenvalue weighted by Gasteiger charge is -1.79. The molecule has 0 saturated heterocycles. The molecule has 0 rings (SSSR count). The van der Waals surface area contributed by atoms with Gasteiger partial charge in [-0.15, -0.1) is 12.4 Å². The third-order valence-corrected chi connectivity index (χ3v) is 0.365. The summed E-state index contributed by atoms with van der Waals surface area (Å²) in [5.41, 5.74) is 0.176. The fourth-order valence-electron chi connectivity index (χ4n) is 0. The zero-order valence-corrected chi connectivity index (χ0v) is 6.20. The fraction of sp³-hybridized carbons (Fsp3) is 0.250. The molecule has 0 aromatic heterocycles. The average molecular weight is 157 g/mol. The van der Waals surface area contributed by atoms with Gasteiger partial charge < -0.3 is 17.4 Å². The molecule has 0 atom stereocenters. The van der Waals surface area contributed by atoms with E-state index in [4.69, 9.17) is 5.11 Å². The lowest BCUT2D eigenvalue weighted by Crippen LogP contribution is -1.92. The highest BCUT2D eigenvalue weighted by Gasteiger charge is 1.90. The third kappa shape index (κ3) is 18.6. The van der Waals surface area contributed by atoms with Crippen molar-refractivity contribution >= 4 is 18.4 Å². The van der Waals surface area contributed by atoms with E-state index in [1.165, 1.54) is 6.92 Å². The zero-order chi connectivity index (χ0) is 5.15. The van der Waals surface area contributed by atoms with E-state index in [1.54, 1.807) is 0 Å². The van der Waals surface area contributed by atoms with Gasteiger partial charge in [-0.1, -0.05) is 6.58 Å². The lowest BCUT2D eigenvalue weighted by atomic mass is 10.4. The van der Waals surface area contributed by atoms with E-state index in [0.29, 0.717) is 0 Å². The molecule has 4 nitrogen and oxygen atoms in total. The third-order valence-electron chi connectivity index (χ3n) is 0.365. The Kier molecular flexibility index (Phi) is 27.4. The summed E-state index contributed by atoms with van der Waals surface area (Å²) in [6.07, 6.45) is 0. The van der Waals surface area contributed by atoms with E-state index >= 15 is 0 Å². The van der Waals surface area contributed by atoms with Crippen molar-refractivity contribution in [2.45, 2.75) is 6.92 Å². The Morgan fingerprint density at radius 1 is 1.44 bits per heavy atom. The minimum absolute atomic E-state index is 0. The normalized spacial score (nSPS) is 5.00. The molecule has 0 spiro atoms. The number of carboxylic acids is 1. The lowest BCUT2D eigenvalue weighted by molar-refractivity contribution is -0.132. The van der Waals surface area contributed by atoms with Crippen molar-refractivity contribution in [3.05, 3.63) is 12.2 Å². The van der Waals surface area contributed by atoms with Crippen LogP contribution in [0.3, 0.4) is 0 Å². The largest absolute Gasteiger partial charge is 0.478 e. The Morgan fingerprint density at radius 3 is 1.56 bits per heavy atom. The highest BCUT2D eigenvalue weighted by Crippen LogP contribution is 1.81. The summed E-state index contributed by atoms with van der Waals surface area (Å²) in [6, 6.07) is 0. The SMILES string of the molecule is C=C(C)C(=O)O.Cl.N.N. The van der Waals surface area contributed by atoms with E-state index in [1.807, 2.05) is 0 Å².